The average Bonchev–Trinajstić information content (AvgIpc) is 2.95. The molecule has 1 amide bonds. The molecule has 2 heterocycles. The first-order valence-electron chi connectivity index (χ1n) is 13.9. The van der Waals surface area contributed by atoms with Gasteiger partial charge in [-0.2, -0.15) is 0 Å². The number of nitrogens with one attached hydrogen (secondary N) is 1. The molecule has 206 valence electrons. The van der Waals surface area contributed by atoms with Crippen LogP contribution in [0.25, 0.3) is 0 Å². The van der Waals surface area contributed by atoms with E-state index in [-0.39, 0.29) is 24.2 Å². The highest BCUT2D eigenvalue weighted by Crippen LogP contribution is 2.28. The van der Waals surface area contributed by atoms with Gasteiger partial charge in [-0.15, -0.1) is 0 Å². The average molecular weight is 531 g/mol. The third kappa shape index (κ3) is 8.13. The van der Waals surface area contributed by atoms with Crippen molar-refractivity contribution in [1.29, 1.82) is 0 Å². The van der Waals surface area contributed by atoms with E-state index in [4.69, 9.17) is 14.2 Å². The van der Waals surface area contributed by atoms with Crippen molar-refractivity contribution < 1.29 is 24.1 Å². The van der Waals surface area contributed by atoms with Crippen LogP contribution < -0.4 is 10.1 Å². The number of para-hydroxylation sites is 1. The van der Waals surface area contributed by atoms with Gasteiger partial charge < -0.3 is 24.6 Å². The zero-order valence-corrected chi connectivity index (χ0v) is 22.3. The van der Waals surface area contributed by atoms with Crippen LogP contribution in [0.5, 0.6) is 11.5 Å². The van der Waals surface area contributed by atoms with Gasteiger partial charge in [0.1, 0.15) is 11.5 Å². The molecule has 7 nitrogen and oxygen atoms in total. The highest BCUT2D eigenvalue weighted by atomic mass is 16.5. The van der Waals surface area contributed by atoms with Crippen molar-refractivity contribution in [2.45, 2.75) is 56.6 Å². The molecule has 3 aromatic carbocycles. The third-order valence-corrected chi connectivity index (χ3v) is 7.42. The molecule has 0 unspecified atom stereocenters. The highest BCUT2D eigenvalue weighted by molar-refractivity contribution is 5.76. The quantitative estimate of drug-likeness (QED) is 0.429. The smallest absolute Gasteiger partial charge is 0.222 e. The maximum atomic E-state index is 12.8. The van der Waals surface area contributed by atoms with Crippen molar-refractivity contribution in [1.82, 2.24) is 10.2 Å². The molecule has 0 aromatic heterocycles. The van der Waals surface area contributed by atoms with Gasteiger partial charge in [0.25, 0.3) is 0 Å². The topological polar surface area (TPSA) is 80.3 Å². The van der Waals surface area contributed by atoms with E-state index in [0.29, 0.717) is 32.7 Å². The number of aliphatic hydroxyl groups is 1. The molecule has 0 bridgehead atoms. The summed E-state index contributed by atoms with van der Waals surface area (Å²) in [7, 11) is 0. The Labute approximate surface area is 230 Å². The molecule has 0 radical (unpaired) electrons. The van der Waals surface area contributed by atoms with Gasteiger partial charge in [0, 0.05) is 25.7 Å². The van der Waals surface area contributed by atoms with E-state index in [1.54, 1.807) is 0 Å². The summed E-state index contributed by atoms with van der Waals surface area (Å²) in [4.78, 5) is 15.1. The van der Waals surface area contributed by atoms with Crippen molar-refractivity contribution in [3.05, 3.63) is 96.1 Å². The van der Waals surface area contributed by atoms with Gasteiger partial charge in [-0.25, -0.2) is 0 Å². The molecule has 0 saturated carbocycles. The van der Waals surface area contributed by atoms with E-state index in [2.05, 4.69) is 34.5 Å². The van der Waals surface area contributed by atoms with Crippen molar-refractivity contribution in [3.63, 3.8) is 0 Å². The number of amides is 1. The number of ether oxygens (including phenoxy) is 3. The predicted octanol–water partition coefficient (Wildman–Crippen LogP) is 4.34. The minimum Gasteiger partial charge on any atom is -0.457 e. The number of rotatable bonds is 9. The maximum Gasteiger partial charge on any atom is 0.222 e. The van der Waals surface area contributed by atoms with Crippen LogP contribution in [-0.4, -0.2) is 66.6 Å². The lowest BCUT2D eigenvalue weighted by molar-refractivity contribution is -0.156. The van der Waals surface area contributed by atoms with E-state index in [1.807, 2.05) is 60.7 Å². The molecule has 2 N–H and O–H groups in total. The van der Waals surface area contributed by atoms with E-state index >= 15 is 0 Å². The number of carbonyl (C=O) groups excluding carboxylic acids is 1. The summed E-state index contributed by atoms with van der Waals surface area (Å²) in [6.07, 6.45) is 2.19. The third-order valence-electron chi connectivity index (χ3n) is 7.42. The fourth-order valence-electron chi connectivity index (χ4n) is 5.40. The largest absolute Gasteiger partial charge is 0.457 e. The SMILES string of the molecule is O=C(C[C@@H]1CC[C@H]2[C@@H](COC[C@@H](O)CN2CCc2ccccc2)O1)NCc1ccc(Oc2ccccc2)cc1. The van der Waals surface area contributed by atoms with Gasteiger partial charge in [0.2, 0.25) is 5.91 Å². The van der Waals surface area contributed by atoms with E-state index < -0.39 is 6.10 Å². The van der Waals surface area contributed by atoms with Crippen molar-refractivity contribution >= 4 is 5.91 Å². The molecule has 39 heavy (non-hydrogen) atoms. The molecule has 7 heteroatoms. The normalized spacial score (nSPS) is 23.7. The number of fused-ring (bicyclic) bond motifs is 1. The minimum absolute atomic E-state index is 0.0221. The number of hydrogen-bond donors (Lipinski definition) is 2. The first kappa shape index (κ1) is 27.3. The Balaban J connectivity index is 1.09. The summed E-state index contributed by atoms with van der Waals surface area (Å²) in [5.74, 6) is 1.53. The summed E-state index contributed by atoms with van der Waals surface area (Å²) in [5, 5.41) is 13.4. The lowest BCUT2D eigenvalue weighted by Crippen LogP contribution is -2.56. The minimum atomic E-state index is -0.510. The van der Waals surface area contributed by atoms with Gasteiger partial charge in [-0.3, -0.25) is 9.69 Å². The van der Waals surface area contributed by atoms with Crippen LogP contribution in [0.1, 0.15) is 30.4 Å². The van der Waals surface area contributed by atoms with Gasteiger partial charge in [-0.1, -0.05) is 60.7 Å². The van der Waals surface area contributed by atoms with E-state index in [1.165, 1.54) is 5.56 Å². The number of aliphatic hydroxyl groups excluding tert-OH is 1. The van der Waals surface area contributed by atoms with Crippen molar-refractivity contribution in [3.8, 4) is 11.5 Å². The second-order valence-corrected chi connectivity index (χ2v) is 10.4. The molecule has 3 aromatic rings. The first-order valence-corrected chi connectivity index (χ1v) is 13.9. The van der Waals surface area contributed by atoms with E-state index in [9.17, 15) is 9.90 Å². The monoisotopic (exact) mass is 530 g/mol. The molecular weight excluding hydrogens is 492 g/mol. The summed E-state index contributed by atoms with van der Waals surface area (Å²) >= 11 is 0. The fourth-order valence-corrected chi connectivity index (χ4v) is 5.40. The molecule has 0 spiro atoms. The molecule has 5 rings (SSSR count). The number of hydrogen-bond acceptors (Lipinski definition) is 6. The zero-order valence-electron chi connectivity index (χ0n) is 22.3. The van der Waals surface area contributed by atoms with Crippen LogP contribution >= 0.6 is 0 Å². The Morgan fingerprint density at radius 1 is 0.897 bits per heavy atom. The summed E-state index contributed by atoms with van der Waals surface area (Å²) < 4.78 is 18.0. The Kier molecular flexibility index (Phi) is 9.61. The van der Waals surface area contributed by atoms with Crippen LogP contribution in [0, 0.1) is 0 Å². The molecule has 2 aliphatic rings. The predicted molar refractivity (Wildman–Crippen MR) is 150 cm³/mol. The highest BCUT2D eigenvalue weighted by Gasteiger charge is 2.37. The fraction of sp³-hybridized carbons (Fsp3) is 0.406. The van der Waals surface area contributed by atoms with Crippen LogP contribution in [-0.2, 0) is 27.2 Å². The Hall–Kier alpha value is -3.23. The zero-order chi connectivity index (χ0) is 26.9. The van der Waals surface area contributed by atoms with Crippen LogP contribution in [0.15, 0.2) is 84.9 Å². The molecule has 4 atom stereocenters. The molecule has 2 saturated heterocycles. The molecule has 0 aliphatic carbocycles. The second kappa shape index (κ2) is 13.7. The van der Waals surface area contributed by atoms with Gasteiger partial charge in [-0.05, 0) is 54.7 Å². The summed E-state index contributed by atoms with van der Waals surface area (Å²) in [6, 6.07) is 28.0. The number of nitrogens with zero attached hydrogens (tertiary/aromatic N) is 1. The van der Waals surface area contributed by atoms with Crippen LogP contribution in [0.3, 0.4) is 0 Å². The summed E-state index contributed by atoms with van der Waals surface area (Å²) in [6.45, 7) is 2.61. The number of β-amino-alcohol motifs (C(OH)–C–C–N with tert-alkyl or cyclic N) is 1. The van der Waals surface area contributed by atoms with Crippen LogP contribution in [0.4, 0.5) is 0 Å². The number of benzene rings is 3. The molecule has 2 aliphatic heterocycles. The Morgan fingerprint density at radius 3 is 2.38 bits per heavy atom. The van der Waals surface area contributed by atoms with E-state index in [0.717, 1.165) is 42.9 Å². The standard InChI is InChI=1S/C32H38N2O5/c35-26-21-34(18-17-24-7-3-1-4-8-24)30-16-15-29(39-31(30)23-37-22-26)19-32(36)33-20-25-11-13-28(14-12-25)38-27-9-5-2-6-10-27/h1-14,26,29-31,35H,15-23H2,(H,33,36)/t26-,29-,30-,31+/m0/s1. The Morgan fingerprint density at radius 2 is 1.62 bits per heavy atom. The van der Waals surface area contributed by atoms with Gasteiger partial charge in [0.05, 0.1) is 37.9 Å². The van der Waals surface area contributed by atoms with Crippen molar-refractivity contribution in [2.24, 2.45) is 0 Å². The van der Waals surface area contributed by atoms with Gasteiger partial charge >= 0.3 is 0 Å². The number of carbonyl (C=O) groups is 1. The second-order valence-electron chi connectivity index (χ2n) is 10.4. The molecular formula is C32H38N2O5. The van der Waals surface area contributed by atoms with Crippen LogP contribution in [0.2, 0.25) is 0 Å². The van der Waals surface area contributed by atoms with Crippen molar-refractivity contribution in [2.75, 3.05) is 26.3 Å². The van der Waals surface area contributed by atoms with Gasteiger partial charge in [0.15, 0.2) is 0 Å². The lowest BCUT2D eigenvalue weighted by Gasteiger charge is -2.44. The lowest BCUT2D eigenvalue weighted by atomic mass is 9.94. The molecule has 2 fully saturated rings. The maximum absolute atomic E-state index is 12.8. The first-order chi connectivity index (χ1) is 19.1. The summed E-state index contributed by atoms with van der Waals surface area (Å²) in [5.41, 5.74) is 2.29. The Bertz CT molecular complexity index is 1160.